The minimum atomic E-state index is 0. The predicted octanol–water partition coefficient (Wildman–Crippen LogP) is 4.97. The SMILES string of the molecule is Cl.ClCCN(CCCl)CCOc1cccc2cc3ccccc3nc12. The molecule has 0 amide bonds. The van der Waals surface area contributed by atoms with Crippen LogP contribution < -0.4 is 4.74 Å². The Kier molecular flexibility index (Phi) is 8.04. The molecular weight excluding hydrogens is 379 g/mol. The molecule has 3 aromatic rings. The van der Waals surface area contributed by atoms with Crippen LogP contribution in [0, 0.1) is 0 Å². The Bertz CT molecular complexity index is 807. The van der Waals surface area contributed by atoms with Gasteiger partial charge in [0.1, 0.15) is 17.9 Å². The van der Waals surface area contributed by atoms with Gasteiger partial charge in [-0.1, -0.05) is 30.3 Å². The van der Waals surface area contributed by atoms with Crippen molar-refractivity contribution in [2.75, 3.05) is 38.0 Å². The molecule has 0 spiro atoms. The van der Waals surface area contributed by atoms with Crippen molar-refractivity contribution in [1.82, 2.24) is 9.88 Å². The number of aromatic nitrogens is 1. The van der Waals surface area contributed by atoms with Crippen molar-refractivity contribution in [1.29, 1.82) is 0 Å². The van der Waals surface area contributed by atoms with Crippen LogP contribution in [-0.2, 0) is 0 Å². The first-order chi connectivity index (χ1) is 11.8. The van der Waals surface area contributed by atoms with Gasteiger partial charge in [-0.2, -0.15) is 0 Å². The molecule has 0 aliphatic rings. The second-order valence-corrected chi connectivity index (χ2v) is 6.33. The second-order valence-electron chi connectivity index (χ2n) is 5.58. The highest BCUT2D eigenvalue weighted by molar-refractivity contribution is 6.18. The van der Waals surface area contributed by atoms with Crippen molar-refractivity contribution in [2.45, 2.75) is 0 Å². The molecule has 0 N–H and O–H groups in total. The van der Waals surface area contributed by atoms with Crippen LogP contribution in [0.2, 0.25) is 0 Å². The van der Waals surface area contributed by atoms with E-state index in [0.29, 0.717) is 18.4 Å². The van der Waals surface area contributed by atoms with Gasteiger partial charge in [-0.15, -0.1) is 35.6 Å². The minimum absolute atomic E-state index is 0. The Morgan fingerprint density at radius 1 is 0.880 bits per heavy atom. The number of alkyl halides is 2. The van der Waals surface area contributed by atoms with Gasteiger partial charge < -0.3 is 4.74 Å². The van der Waals surface area contributed by atoms with Gasteiger partial charge >= 0.3 is 0 Å². The number of fused-ring (bicyclic) bond motifs is 2. The van der Waals surface area contributed by atoms with Crippen LogP contribution >= 0.6 is 35.6 Å². The molecule has 1 heterocycles. The predicted molar refractivity (Wildman–Crippen MR) is 110 cm³/mol. The Hall–Kier alpha value is -1.26. The fraction of sp³-hybridized carbons (Fsp3) is 0.316. The zero-order chi connectivity index (χ0) is 16.8. The van der Waals surface area contributed by atoms with Crippen molar-refractivity contribution in [3.63, 3.8) is 0 Å². The molecule has 134 valence electrons. The first-order valence-electron chi connectivity index (χ1n) is 8.07. The molecule has 0 bridgehead atoms. The van der Waals surface area contributed by atoms with Crippen LogP contribution in [0.25, 0.3) is 21.8 Å². The molecule has 6 heteroatoms. The van der Waals surface area contributed by atoms with E-state index in [1.54, 1.807) is 0 Å². The molecule has 0 aliphatic carbocycles. The highest BCUT2D eigenvalue weighted by Gasteiger charge is 2.08. The lowest BCUT2D eigenvalue weighted by Gasteiger charge is -2.20. The molecule has 3 rings (SSSR count). The average molecular weight is 400 g/mol. The van der Waals surface area contributed by atoms with Gasteiger partial charge in [-0.3, -0.25) is 4.90 Å². The van der Waals surface area contributed by atoms with E-state index in [1.165, 1.54) is 0 Å². The number of pyridine rings is 1. The number of para-hydroxylation sites is 2. The fourth-order valence-corrected chi connectivity index (χ4v) is 3.23. The summed E-state index contributed by atoms with van der Waals surface area (Å²) in [5, 5.41) is 2.22. The van der Waals surface area contributed by atoms with E-state index in [1.807, 2.05) is 30.3 Å². The lowest BCUT2D eigenvalue weighted by atomic mass is 10.1. The first kappa shape index (κ1) is 20.1. The van der Waals surface area contributed by atoms with Gasteiger partial charge in [-0.25, -0.2) is 4.98 Å². The minimum Gasteiger partial charge on any atom is -0.490 e. The summed E-state index contributed by atoms with van der Waals surface area (Å²) >= 11 is 11.7. The van der Waals surface area contributed by atoms with Crippen LogP contribution in [0.5, 0.6) is 5.75 Å². The number of hydrogen-bond acceptors (Lipinski definition) is 3. The fourth-order valence-electron chi connectivity index (χ4n) is 2.75. The highest BCUT2D eigenvalue weighted by atomic mass is 35.5. The quantitative estimate of drug-likeness (QED) is 0.395. The van der Waals surface area contributed by atoms with E-state index in [-0.39, 0.29) is 12.4 Å². The topological polar surface area (TPSA) is 25.4 Å². The van der Waals surface area contributed by atoms with E-state index in [9.17, 15) is 0 Å². The zero-order valence-corrected chi connectivity index (χ0v) is 16.2. The summed E-state index contributed by atoms with van der Waals surface area (Å²) in [5.74, 6) is 2.01. The highest BCUT2D eigenvalue weighted by Crippen LogP contribution is 2.27. The van der Waals surface area contributed by atoms with Gasteiger partial charge in [0.05, 0.1) is 5.52 Å². The normalized spacial score (nSPS) is 11.0. The molecule has 25 heavy (non-hydrogen) atoms. The van der Waals surface area contributed by atoms with Crippen molar-refractivity contribution in [3.05, 3.63) is 48.5 Å². The van der Waals surface area contributed by atoms with Crippen LogP contribution in [0.3, 0.4) is 0 Å². The smallest absolute Gasteiger partial charge is 0.145 e. The van der Waals surface area contributed by atoms with E-state index in [4.69, 9.17) is 32.9 Å². The van der Waals surface area contributed by atoms with Crippen LogP contribution in [-0.4, -0.2) is 47.9 Å². The number of benzene rings is 2. The lowest BCUT2D eigenvalue weighted by molar-refractivity contribution is 0.226. The van der Waals surface area contributed by atoms with Gasteiger partial charge in [0.2, 0.25) is 0 Å². The molecule has 0 radical (unpaired) electrons. The number of ether oxygens (including phenoxy) is 1. The molecule has 2 aromatic carbocycles. The molecule has 0 atom stereocenters. The molecular formula is C19H21Cl3N2O. The summed E-state index contributed by atoms with van der Waals surface area (Å²) in [5.41, 5.74) is 1.88. The van der Waals surface area contributed by atoms with E-state index in [0.717, 1.165) is 47.2 Å². The maximum absolute atomic E-state index is 6.00. The summed E-state index contributed by atoms with van der Waals surface area (Å²) in [6.45, 7) is 3.01. The van der Waals surface area contributed by atoms with Gasteiger partial charge in [-0.05, 0) is 18.2 Å². The third kappa shape index (κ3) is 5.11. The summed E-state index contributed by atoms with van der Waals surface area (Å²) < 4.78 is 6.00. The second kappa shape index (κ2) is 10.0. The van der Waals surface area contributed by atoms with E-state index < -0.39 is 0 Å². The maximum atomic E-state index is 6.00. The molecule has 0 aliphatic heterocycles. The number of nitrogens with zero attached hydrogens (tertiary/aromatic N) is 2. The molecule has 0 fully saturated rings. The van der Waals surface area contributed by atoms with Crippen LogP contribution in [0.1, 0.15) is 0 Å². The van der Waals surface area contributed by atoms with Gasteiger partial charge in [0.25, 0.3) is 0 Å². The number of hydrogen-bond donors (Lipinski definition) is 0. The summed E-state index contributed by atoms with van der Waals surface area (Å²) in [6.07, 6.45) is 0. The number of rotatable bonds is 8. The molecule has 0 unspecified atom stereocenters. The van der Waals surface area contributed by atoms with Gasteiger partial charge in [0.15, 0.2) is 0 Å². The van der Waals surface area contributed by atoms with Gasteiger partial charge in [0, 0.05) is 42.2 Å². The molecule has 1 aromatic heterocycles. The third-order valence-electron chi connectivity index (χ3n) is 3.98. The Morgan fingerprint density at radius 2 is 1.60 bits per heavy atom. The molecule has 0 saturated heterocycles. The van der Waals surface area contributed by atoms with Crippen molar-refractivity contribution >= 4 is 57.4 Å². The lowest BCUT2D eigenvalue weighted by Crippen LogP contribution is -2.32. The largest absolute Gasteiger partial charge is 0.490 e. The average Bonchev–Trinajstić information content (AvgIpc) is 2.60. The Balaban J connectivity index is 0.00000225. The van der Waals surface area contributed by atoms with Crippen LogP contribution in [0.4, 0.5) is 0 Å². The Labute approximate surface area is 164 Å². The Morgan fingerprint density at radius 3 is 2.36 bits per heavy atom. The summed E-state index contributed by atoms with van der Waals surface area (Å²) in [4.78, 5) is 6.97. The van der Waals surface area contributed by atoms with Crippen LogP contribution in [0.15, 0.2) is 48.5 Å². The first-order valence-corrected chi connectivity index (χ1v) is 9.14. The number of halogens is 3. The monoisotopic (exact) mass is 398 g/mol. The zero-order valence-electron chi connectivity index (χ0n) is 13.8. The van der Waals surface area contributed by atoms with Crippen molar-refractivity contribution in [3.8, 4) is 5.75 Å². The molecule has 0 saturated carbocycles. The summed E-state index contributed by atoms with van der Waals surface area (Å²) in [7, 11) is 0. The molecule has 3 nitrogen and oxygen atoms in total. The van der Waals surface area contributed by atoms with E-state index in [2.05, 4.69) is 23.1 Å². The van der Waals surface area contributed by atoms with Crippen molar-refractivity contribution < 1.29 is 4.74 Å². The third-order valence-corrected chi connectivity index (χ3v) is 4.31. The summed E-state index contributed by atoms with van der Waals surface area (Å²) in [6, 6.07) is 16.3. The van der Waals surface area contributed by atoms with Crippen molar-refractivity contribution in [2.24, 2.45) is 0 Å². The standard InChI is InChI=1S/C19H20Cl2N2O.ClH/c20-8-10-23(11-9-21)12-13-24-18-7-3-5-16-14-15-4-1-2-6-17(15)22-19(16)18;/h1-7,14H,8-13H2;1H. The maximum Gasteiger partial charge on any atom is 0.145 e. The van der Waals surface area contributed by atoms with E-state index >= 15 is 0 Å².